The van der Waals surface area contributed by atoms with Crippen LogP contribution in [0.1, 0.15) is 90.6 Å². The fourth-order valence-corrected chi connectivity index (χ4v) is 5.54. The SMILES string of the molecule is CCC(=O)NCCN1C(=O)C(C)(C)Oc2cc(C)c(C(=O)N(C(C)C)[C@@H]3CCCN(C(=O)OC(OC(C)=O)C(C)C)C3)cc21. The molecule has 3 rings (SSSR count). The van der Waals surface area contributed by atoms with E-state index < -0.39 is 24.0 Å². The molecule has 0 spiro atoms. The Morgan fingerprint density at radius 3 is 2.41 bits per heavy atom. The number of esters is 1. The topological polar surface area (TPSA) is 135 Å². The third-order valence-corrected chi connectivity index (χ3v) is 7.81. The van der Waals surface area contributed by atoms with Crippen LogP contribution in [0.2, 0.25) is 0 Å². The summed E-state index contributed by atoms with van der Waals surface area (Å²) in [5, 5.41) is 2.81. The zero-order valence-corrected chi connectivity index (χ0v) is 27.5. The quantitative estimate of drug-likeness (QED) is 0.308. The zero-order valence-electron chi connectivity index (χ0n) is 27.5. The predicted molar refractivity (Wildman–Crippen MR) is 164 cm³/mol. The molecule has 2 aliphatic heterocycles. The Kier molecular flexibility index (Phi) is 11.3. The van der Waals surface area contributed by atoms with Crippen molar-refractivity contribution in [1.82, 2.24) is 15.1 Å². The molecule has 1 aromatic rings. The number of fused-ring (bicyclic) bond motifs is 1. The molecule has 1 aromatic carbocycles. The molecular formula is C32H48N4O8. The lowest BCUT2D eigenvalue weighted by Gasteiger charge is -2.42. The van der Waals surface area contributed by atoms with Gasteiger partial charge >= 0.3 is 12.1 Å². The van der Waals surface area contributed by atoms with Gasteiger partial charge in [0, 0.05) is 57.0 Å². The minimum Gasteiger partial charge on any atom is -0.476 e. The van der Waals surface area contributed by atoms with E-state index in [1.807, 2.05) is 20.8 Å². The summed E-state index contributed by atoms with van der Waals surface area (Å²) in [6, 6.07) is 2.99. The molecule has 4 amide bonds. The minimum atomic E-state index is -1.12. The molecular weight excluding hydrogens is 568 g/mol. The molecule has 0 aromatic heterocycles. The van der Waals surface area contributed by atoms with Crippen molar-refractivity contribution in [3.05, 3.63) is 23.3 Å². The Morgan fingerprint density at radius 1 is 1.14 bits per heavy atom. The highest BCUT2D eigenvalue weighted by molar-refractivity contribution is 6.05. The number of rotatable bonds is 10. The summed E-state index contributed by atoms with van der Waals surface area (Å²) in [5.74, 6) is -0.890. The molecule has 2 aliphatic rings. The first-order valence-corrected chi connectivity index (χ1v) is 15.4. The van der Waals surface area contributed by atoms with Gasteiger partial charge in [-0.3, -0.25) is 19.2 Å². The van der Waals surface area contributed by atoms with Gasteiger partial charge in [0.1, 0.15) is 5.75 Å². The van der Waals surface area contributed by atoms with Gasteiger partial charge in [-0.25, -0.2) is 4.79 Å². The van der Waals surface area contributed by atoms with Crippen molar-refractivity contribution in [1.29, 1.82) is 0 Å². The highest BCUT2D eigenvalue weighted by atomic mass is 16.7. The third-order valence-electron chi connectivity index (χ3n) is 7.81. The maximum atomic E-state index is 14.2. The Bertz CT molecular complexity index is 1260. The lowest BCUT2D eigenvalue weighted by atomic mass is 9.97. The number of benzene rings is 1. The summed E-state index contributed by atoms with van der Waals surface area (Å²) in [6.45, 7) is 16.9. The van der Waals surface area contributed by atoms with Crippen LogP contribution in [0.3, 0.4) is 0 Å². The second-order valence-electron chi connectivity index (χ2n) is 12.6. The van der Waals surface area contributed by atoms with Crippen molar-refractivity contribution in [3.8, 4) is 5.75 Å². The maximum absolute atomic E-state index is 14.2. The number of piperidine rings is 1. The summed E-state index contributed by atoms with van der Waals surface area (Å²) in [4.78, 5) is 69.0. The minimum absolute atomic E-state index is 0.117. The summed E-state index contributed by atoms with van der Waals surface area (Å²) < 4.78 is 16.8. The van der Waals surface area contributed by atoms with Crippen molar-refractivity contribution >= 4 is 35.5 Å². The summed E-state index contributed by atoms with van der Waals surface area (Å²) >= 11 is 0. The van der Waals surface area contributed by atoms with Crippen LogP contribution in [0.4, 0.5) is 10.5 Å². The number of likely N-dealkylation sites (tertiary alicyclic amines) is 1. The zero-order chi connectivity index (χ0) is 32.9. The number of hydrogen-bond donors (Lipinski definition) is 1. The van der Waals surface area contributed by atoms with Gasteiger partial charge in [-0.1, -0.05) is 20.8 Å². The average molecular weight is 617 g/mol. The van der Waals surface area contributed by atoms with Crippen LogP contribution in [0, 0.1) is 12.8 Å². The van der Waals surface area contributed by atoms with Gasteiger partial charge in [-0.2, -0.15) is 0 Å². The van der Waals surface area contributed by atoms with E-state index in [1.165, 1.54) is 6.92 Å². The third kappa shape index (κ3) is 8.00. The second-order valence-corrected chi connectivity index (χ2v) is 12.6. The van der Waals surface area contributed by atoms with Crippen LogP contribution in [-0.4, -0.2) is 89.7 Å². The van der Waals surface area contributed by atoms with Crippen molar-refractivity contribution in [3.63, 3.8) is 0 Å². The summed E-state index contributed by atoms with van der Waals surface area (Å²) in [6.07, 6.45) is 0.0832. The largest absolute Gasteiger partial charge is 0.476 e. The van der Waals surface area contributed by atoms with Gasteiger partial charge in [0.2, 0.25) is 5.91 Å². The molecule has 244 valence electrons. The number of carbonyl (C=O) groups excluding carboxylic acids is 5. The van der Waals surface area contributed by atoms with Crippen LogP contribution < -0.4 is 15.0 Å². The maximum Gasteiger partial charge on any atom is 0.412 e. The van der Waals surface area contributed by atoms with Gasteiger partial charge in [0.25, 0.3) is 18.1 Å². The molecule has 0 bridgehead atoms. The number of amides is 4. The van der Waals surface area contributed by atoms with E-state index in [0.717, 1.165) is 0 Å². The van der Waals surface area contributed by atoms with Gasteiger partial charge in [-0.05, 0) is 65.2 Å². The average Bonchev–Trinajstić information content (AvgIpc) is 2.93. The van der Waals surface area contributed by atoms with Crippen molar-refractivity contribution < 1.29 is 38.2 Å². The number of ether oxygens (including phenoxy) is 3. The van der Waals surface area contributed by atoms with E-state index in [9.17, 15) is 24.0 Å². The Balaban J connectivity index is 1.88. The summed E-state index contributed by atoms with van der Waals surface area (Å²) in [5.41, 5.74) is 0.466. The number of nitrogens with one attached hydrogen (secondary N) is 1. The van der Waals surface area contributed by atoms with E-state index in [0.29, 0.717) is 48.4 Å². The normalized spacial score (nSPS) is 18.3. The van der Waals surface area contributed by atoms with Crippen LogP contribution in [0.25, 0.3) is 0 Å². The van der Waals surface area contributed by atoms with E-state index in [4.69, 9.17) is 14.2 Å². The molecule has 12 heteroatoms. The molecule has 2 heterocycles. The molecule has 2 atom stereocenters. The fourth-order valence-electron chi connectivity index (χ4n) is 5.54. The summed E-state index contributed by atoms with van der Waals surface area (Å²) in [7, 11) is 0. The monoisotopic (exact) mass is 616 g/mol. The van der Waals surface area contributed by atoms with E-state index in [2.05, 4.69) is 5.32 Å². The molecule has 44 heavy (non-hydrogen) atoms. The number of anilines is 1. The van der Waals surface area contributed by atoms with Gasteiger partial charge < -0.3 is 34.2 Å². The lowest BCUT2D eigenvalue weighted by molar-refractivity contribution is -0.174. The second kappa shape index (κ2) is 14.3. The fraction of sp³-hybridized carbons (Fsp3) is 0.656. The number of hydrogen-bond acceptors (Lipinski definition) is 8. The van der Waals surface area contributed by atoms with Crippen molar-refractivity contribution in [2.75, 3.05) is 31.1 Å². The van der Waals surface area contributed by atoms with E-state index in [-0.39, 0.29) is 55.4 Å². The van der Waals surface area contributed by atoms with Crippen LogP contribution >= 0.6 is 0 Å². The highest BCUT2D eigenvalue weighted by Crippen LogP contribution is 2.40. The lowest BCUT2D eigenvalue weighted by Crippen LogP contribution is -2.55. The molecule has 1 fully saturated rings. The van der Waals surface area contributed by atoms with Crippen molar-refractivity contribution in [2.24, 2.45) is 5.92 Å². The van der Waals surface area contributed by atoms with Gasteiger partial charge in [-0.15, -0.1) is 0 Å². The Morgan fingerprint density at radius 2 is 1.82 bits per heavy atom. The Hall–Kier alpha value is -3.83. The van der Waals surface area contributed by atoms with E-state index in [1.54, 1.807) is 61.5 Å². The number of carbonyl (C=O) groups is 5. The van der Waals surface area contributed by atoms with Gasteiger partial charge in [0.05, 0.1) is 11.7 Å². The van der Waals surface area contributed by atoms with Crippen LogP contribution in [-0.2, 0) is 23.9 Å². The first-order valence-electron chi connectivity index (χ1n) is 15.4. The Labute approximate surface area is 260 Å². The molecule has 0 saturated carbocycles. The van der Waals surface area contributed by atoms with Crippen LogP contribution in [0.5, 0.6) is 5.75 Å². The molecule has 1 saturated heterocycles. The molecule has 1 N–H and O–H groups in total. The first kappa shape index (κ1) is 34.7. The number of nitrogens with zero attached hydrogens (tertiary/aromatic N) is 3. The standard InChI is InChI=1S/C32H48N4O8/c1-10-27(38)33-13-15-35-25-17-24(21(6)16-26(25)44-32(8,9)30(35)40)28(39)36(20(4)5)23-12-11-14-34(18-23)31(41)43-29(19(2)3)42-22(7)37/h16-17,19-20,23,29H,10-15,18H2,1-9H3,(H,33,38)/t23-,29?/m1/s1. The number of aryl methyl sites for hydroxylation is 1. The van der Waals surface area contributed by atoms with Crippen molar-refractivity contribution in [2.45, 2.75) is 106 Å². The predicted octanol–water partition coefficient (Wildman–Crippen LogP) is 4.02. The molecule has 0 aliphatic carbocycles. The molecule has 0 radical (unpaired) electrons. The molecule has 12 nitrogen and oxygen atoms in total. The smallest absolute Gasteiger partial charge is 0.412 e. The molecule has 1 unspecified atom stereocenters. The highest BCUT2D eigenvalue weighted by Gasteiger charge is 2.42. The van der Waals surface area contributed by atoms with Crippen LogP contribution in [0.15, 0.2) is 12.1 Å². The first-order chi connectivity index (χ1) is 20.6. The van der Waals surface area contributed by atoms with E-state index >= 15 is 0 Å². The van der Waals surface area contributed by atoms with Gasteiger partial charge in [0.15, 0.2) is 5.60 Å².